The van der Waals surface area contributed by atoms with E-state index in [1.807, 2.05) is 19.9 Å². The van der Waals surface area contributed by atoms with Gasteiger partial charge in [0.25, 0.3) is 0 Å². The fraction of sp³-hybridized carbons (Fsp3) is 0.611. The van der Waals surface area contributed by atoms with Crippen LogP contribution in [0.1, 0.15) is 33.1 Å². The van der Waals surface area contributed by atoms with Crippen LogP contribution in [0.5, 0.6) is 0 Å². The van der Waals surface area contributed by atoms with E-state index in [2.05, 4.69) is 15.6 Å². The minimum atomic E-state index is -3.33. The summed E-state index contributed by atoms with van der Waals surface area (Å²) in [5, 5.41) is 6.44. The summed E-state index contributed by atoms with van der Waals surface area (Å²) in [5.41, 5.74) is 0. The lowest BCUT2D eigenvalue weighted by atomic mass is 10.2. The number of nitrogens with one attached hydrogen (secondary N) is 2. The average molecular weight is 368 g/mol. The van der Waals surface area contributed by atoms with Crippen LogP contribution in [0.25, 0.3) is 0 Å². The summed E-state index contributed by atoms with van der Waals surface area (Å²) in [6.45, 7) is 6.08. The van der Waals surface area contributed by atoms with E-state index in [0.717, 1.165) is 26.0 Å². The number of ether oxygens (including phenoxy) is 1. The predicted molar refractivity (Wildman–Crippen MR) is 101 cm³/mol. The van der Waals surface area contributed by atoms with Crippen LogP contribution < -0.4 is 10.6 Å². The summed E-state index contributed by atoms with van der Waals surface area (Å²) in [6, 6.07) is 8.38. The smallest absolute Gasteiger partial charge is 0.191 e. The van der Waals surface area contributed by atoms with E-state index in [4.69, 9.17) is 4.74 Å². The molecule has 0 aromatic heterocycles. The van der Waals surface area contributed by atoms with Gasteiger partial charge in [-0.2, -0.15) is 0 Å². The van der Waals surface area contributed by atoms with Gasteiger partial charge in [-0.05, 0) is 38.3 Å². The lowest BCUT2D eigenvalue weighted by molar-refractivity contribution is 0.117. The molecule has 1 aliphatic heterocycles. The number of benzene rings is 1. The number of nitrogens with zero attached hydrogens (tertiary/aromatic N) is 1. The first kappa shape index (κ1) is 19.7. The number of sulfone groups is 1. The Labute approximate surface area is 151 Å². The third-order valence-corrected chi connectivity index (χ3v) is 6.01. The minimum Gasteiger partial charge on any atom is -0.376 e. The Bertz CT molecular complexity index is 641. The summed E-state index contributed by atoms with van der Waals surface area (Å²) in [7, 11) is -3.33. The van der Waals surface area contributed by atoms with Gasteiger partial charge >= 0.3 is 0 Å². The summed E-state index contributed by atoms with van der Waals surface area (Å²) in [4.78, 5) is 4.92. The number of rotatable bonds is 8. The maximum Gasteiger partial charge on any atom is 0.191 e. The highest BCUT2D eigenvalue weighted by atomic mass is 32.2. The van der Waals surface area contributed by atoms with Gasteiger partial charge < -0.3 is 15.4 Å². The molecule has 0 aliphatic carbocycles. The Balaban J connectivity index is 2.00. The molecule has 1 saturated heterocycles. The van der Waals surface area contributed by atoms with Crippen molar-refractivity contribution in [1.82, 2.24) is 10.6 Å². The number of guanidine groups is 1. The van der Waals surface area contributed by atoms with Crippen molar-refractivity contribution in [2.45, 2.75) is 50.2 Å². The van der Waals surface area contributed by atoms with E-state index >= 15 is 0 Å². The fourth-order valence-corrected chi connectivity index (χ4v) is 4.36. The molecule has 7 heteroatoms. The molecule has 2 atom stereocenters. The van der Waals surface area contributed by atoms with Gasteiger partial charge in [-0.15, -0.1) is 0 Å². The molecule has 140 valence electrons. The summed E-state index contributed by atoms with van der Waals surface area (Å²) in [6.07, 6.45) is 2.97. The van der Waals surface area contributed by atoms with E-state index in [-0.39, 0.29) is 17.9 Å². The molecule has 1 aliphatic rings. The fourth-order valence-electron chi connectivity index (χ4n) is 2.75. The monoisotopic (exact) mass is 367 g/mol. The Hall–Kier alpha value is -1.60. The highest BCUT2D eigenvalue weighted by molar-refractivity contribution is 7.91. The van der Waals surface area contributed by atoms with Crippen LogP contribution in [0.3, 0.4) is 0 Å². The lowest BCUT2D eigenvalue weighted by Gasteiger charge is -2.20. The van der Waals surface area contributed by atoms with Crippen LogP contribution in [0.2, 0.25) is 0 Å². The molecule has 6 nitrogen and oxygen atoms in total. The third kappa shape index (κ3) is 6.32. The highest BCUT2D eigenvalue weighted by Crippen LogP contribution is 2.13. The maximum atomic E-state index is 12.6. The van der Waals surface area contributed by atoms with E-state index in [1.54, 1.807) is 24.3 Å². The summed E-state index contributed by atoms with van der Waals surface area (Å²) in [5.74, 6) is 0.686. The number of aliphatic imine (C=N–C) groups is 1. The van der Waals surface area contributed by atoms with Crippen molar-refractivity contribution >= 4 is 15.8 Å². The number of hydrogen-bond acceptors (Lipinski definition) is 4. The maximum absolute atomic E-state index is 12.6. The molecular formula is C18H29N3O3S. The molecule has 1 heterocycles. The summed E-state index contributed by atoms with van der Waals surface area (Å²) < 4.78 is 30.8. The zero-order chi connectivity index (χ0) is 18.1. The van der Waals surface area contributed by atoms with Gasteiger partial charge in [-0.1, -0.05) is 25.1 Å². The van der Waals surface area contributed by atoms with Gasteiger partial charge in [0, 0.05) is 19.2 Å². The van der Waals surface area contributed by atoms with Crippen LogP contribution in [0.15, 0.2) is 40.2 Å². The molecule has 0 spiro atoms. The Kier molecular flexibility index (Phi) is 7.71. The molecule has 1 aromatic carbocycles. The molecule has 1 aromatic rings. The van der Waals surface area contributed by atoms with E-state index < -0.39 is 9.84 Å². The second kappa shape index (κ2) is 9.77. The zero-order valence-corrected chi connectivity index (χ0v) is 15.9. The van der Waals surface area contributed by atoms with Crippen LogP contribution in [0.4, 0.5) is 0 Å². The van der Waals surface area contributed by atoms with E-state index in [0.29, 0.717) is 23.8 Å². The molecular weight excluding hydrogens is 338 g/mol. The molecule has 0 bridgehead atoms. The van der Waals surface area contributed by atoms with Crippen LogP contribution >= 0.6 is 0 Å². The highest BCUT2D eigenvalue weighted by Gasteiger charge is 2.21. The van der Waals surface area contributed by atoms with Crippen molar-refractivity contribution in [3.63, 3.8) is 0 Å². The van der Waals surface area contributed by atoms with Crippen molar-refractivity contribution in [1.29, 1.82) is 0 Å². The molecule has 1 fully saturated rings. The van der Waals surface area contributed by atoms with Gasteiger partial charge in [0.2, 0.25) is 0 Å². The molecule has 0 amide bonds. The van der Waals surface area contributed by atoms with Gasteiger partial charge in [0.1, 0.15) is 0 Å². The molecule has 25 heavy (non-hydrogen) atoms. The normalized spacial score (nSPS) is 19.6. The van der Waals surface area contributed by atoms with Crippen LogP contribution in [-0.4, -0.2) is 52.0 Å². The first-order chi connectivity index (χ1) is 12.0. The third-order valence-electron chi connectivity index (χ3n) is 4.18. The SMILES string of the molecule is CCNC(=NCC1CCCO1)NC(CC)CS(=O)(=O)c1ccccc1. The molecule has 2 unspecified atom stereocenters. The van der Waals surface area contributed by atoms with Crippen LogP contribution in [-0.2, 0) is 14.6 Å². The number of hydrogen-bond donors (Lipinski definition) is 2. The van der Waals surface area contributed by atoms with E-state index in [9.17, 15) is 8.42 Å². The average Bonchev–Trinajstić information content (AvgIpc) is 3.13. The first-order valence-electron chi connectivity index (χ1n) is 8.99. The second-order valence-electron chi connectivity index (χ2n) is 6.20. The first-order valence-corrected chi connectivity index (χ1v) is 10.6. The minimum absolute atomic E-state index is 0.0395. The van der Waals surface area contributed by atoms with E-state index in [1.165, 1.54) is 0 Å². The zero-order valence-electron chi connectivity index (χ0n) is 15.1. The Morgan fingerprint density at radius 1 is 1.32 bits per heavy atom. The molecule has 2 rings (SSSR count). The van der Waals surface area contributed by atoms with Crippen molar-refractivity contribution in [2.24, 2.45) is 4.99 Å². The second-order valence-corrected chi connectivity index (χ2v) is 8.23. The Morgan fingerprint density at radius 2 is 2.08 bits per heavy atom. The lowest BCUT2D eigenvalue weighted by Crippen LogP contribution is -2.46. The Morgan fingerprint density at radius 3 is 2.68 bits per heavy atom. The van der Waals surface area contributed by atoms with Crippen molar-refractivity contribution in [3.8, 4) is 0 Å². The van der Waals surface area contributed by atoms with Gasteiger partial charge in [0.15, 0.2) is 15.8 Å². The summed E-state index contributed by atoms with van der Waals surface area (Å²) >= 11 is 0. The standard InChI is InChI=1S/C18H29N3O3S/c1-3-15(14-25(22,23)17-10-6-5-7-11-17)21-18(19-4-2)20-13-16-9-8-12-24-16/h5-7,10-11,15-16H,3-4,8-9,12-14H2,1-2H3,(H2,19,20,21). The van der Waals surface area contributed by atoms with Gasteiger partial charge in [-0.3, -0.25) is 4.99 Å². The quantitative estimate of drug-likeness (QED) is 0.542. The molecule has 0 saturated carbocycles. The van der Waals surface area contributed by atoms with Crippen molar-refractivity contribution < 1.29 is 13.2 Å². The molecule has 0 radical (unpaired) electrons. The molecule has 2 N–H and O–H groups in total. The largest absolute Gasteiger partial charge is 0.376 e. The van der Waals surface area contributed by atoms with Gasteiger partial charge in [0.05, 0.1) is 23.3 Å². The van der Waals surface area contributed by atoms with Crippen molar-refractivity contribution in [3.05, 3.63) is 30.3 Å². The van der Waals surface area contributed by atoms with Gasteiger partial charge in [-0.25, -0.2) is 8.42 Å². The predicted octanol–water partition coefficient (Wildman–Crippen LogP) is 1.97. The van der Waals surface area contributed by atoms with Crippen molar-refractivity contribution in [2.75, 3.05) is 25.4 Å². The topological polar surface area (TPSA) is 79.8 Å². The van der Waals surface area contributed by atoms with Crippen LogP contribution in [0, 0.1) is 0 Å².